The van der Waals surface area contributed by atoms with Crippen LogP contribution in [0.25, 0.3) is 0 Å². The Morgan fingerprint density at radius 1 is 1.00 bits per heavy atom. The van der Waals surface area contributed by atoms with Crippen LogP contribution in [0.15, 0.2) is 0 Å². The fourth-order valence-corrected chi connectivity index (χ4v) is 3.18. The largest absolute Gasteiger partial charge is 0.313 e. The molecule has 0 radical (unpaired) electrons. The normalized spacial score (nSPS) is 22.4. The molecule has 1 N–H and O–H groups in total. The van der Waals surface area contributed by atoms with Gasteiger partial charge in [0.05, 0.1) is 0 Å². The van der Waals surface area contributed by atoms with E-state index in [0.717, 1.165) is 23.8 Å². The van der Waals surface area contributed by atoms with Gasteiger partial charge in [-0.15, -0.1) is 0 Å². The van der Waals surface area contributed by atoms with E-state index in [4.69, 9.17) is 0 Å². The highest BCUT2D eigenvalue weighted by Gasteiger charge is 2.28. The van der Waals surface area contributed by atoms with E-state index in [1.54, 1.807) is 0 Å². The van der Waals surface area contributed by atoms with E-state index in [1.165, 1.54) is 51.5 Å². The van der Waals surface area contributed by atoms with Gasteiger partial charge in [0.25, 0.3) is 0 Å². The topological polar surface area (TPSA) is 12.0 Å². The van der Waals surface area contributed by atoms with Crippen LogP contribution in [0, 0.1) is 17.8 Å². The molecule has 0 aromatic rings. The molecule has 1 nitrogen and oxygen atoms in total. The lowest BCUT2D eigenvalue weighted by molar-refractivity contribution is 0.207. The second-order valence-corrected chi connectivity index (χ2v) is 6.33. The van der Waals surface area contributed by atoms with Crippen LogP contribution in [0.3, 0.4) is 0 Å². The fourth-order valence-electron chi connectivity index (χ4n) is 3.18. The zero-order valence-corrected chi connectivity index (χ0v) is 12.5. The van der Waals surface area contributed by atoms with Crippen LogP contribution >= 0.6 is 0 Å². The van der Waals surface area contributed by atoms with Crippen molar-refractivity contribution in [1.82, 2.24) is 5.32 Å². The van der Waals surface area contributed by atoms with Gasteiger partial charge in [0.1, 0.15) is 0 Å². The van der Waals surface area contributed by atoms with E-state index in [-0.39, 0.29) is 0 Å². The Kier molecular flexibility index (Phi) is 7.18. The molecule has 1 fully saturated rings. The van der Waals surface area contributed by atoms with Crippen LogP contribution in [0.5, 0.6) is 0 Å². The molecule has 102 valence electrons. The molecule has 0 saturated heterocycles. The highest BCUT2D eigenvalue weighted by atomic mass is 14.9. The summed E-state index contributed by atoms with van der Waals surface area (Å²) in [5.74, 6) is 2.54. The number of hydrogen-bond acceptors (Lipinski definition) is 1. The van der Waals surface area contributed by atoms with Gasteiger partial charge in [-0.05, 0) is 43.6 Å². The summed E-state index contributed by atoms with van der Waals surface area (Å²) in [6, 6.07) is 0.757. The van der Waals surface area contributed by atoms with E-state index < -0.39 is 0 Å². The second kappa shape index (κ2) is 8.13. The summed E-state index contributed by atoms with van der Waals surface area (Å²) >= 11 is 0. The van der Waals surface area contributed by atoms with Gasteiger partial charge in [-0.3, -0.25) is 0 Å². The first kappa shape index (κ1) is 15.0. The molecule has 1 heteroatoms. The second-order valence-electron chi connectivity index (χ2n) is 6.33. The molecule has 1 rings (SSSR count). The van der Waals surface area contributed by atoms with Crippen molar-refractivity contribution in [2.45, 2.75) is 78.7 Å². The Bertz CT molecular complexity index is 180. The van der Waals surface area contributed by atoms with Crippen LogP contribution in [0.2, 0.25) is 0 Å². The molecule has 1 aliphatic rings. The summed E-state index contributed by atoms with van der Waals surface area (Å²) in [6.45, 7) is 10.7. The van der Waals surface area contributed by atoms with Crippen molar-refractivity contribution < 1.29 is 0 Å². The molecule has 0 spiro atoms. The summed E-state index contributed by atoms with van der Waals surface area (Å²) in [7, 11) is 0. The molecular formula is C16H33N. The monoisotopic (exact) mass is 239 g/mol. The lowest BCUT2D eigenvalue weighted by Crippen LogP contribution is -2.43. The van der Waals surface area contributed by atoms with Crippen LogP contribution < -0.4 is 5.32 Å². The lowest BCUT2D eigenvalue weighted by Gasteiger charge is -2.34. The molecule has 1 aliphatic carbocycles. The predicted molar refractivity (Wildman–Crippen MR) is 77.3 cm³/mol. The number of nitrogens with one attached hydrogen (secondary N) is 1. The Hall–Kier alpha value is -0.0400. The summed E-state index contributed by atoms with van der Waals surface area (Å²) in [6.07, 6.45) is 10.0. The highest BCUT2D eigenvalue weighted by molar-refractivity contribution is 4.83. The molecule has 1 saturated carbocycles. The molecule has 0 aliphatic heterocycles. The number of hydrogen-bond donors (Lipinski definition) is 1. The fraction of sp³-hybridized carbons (Fsp3) is 1.00. The van der Waals surface area contributed by atoms with Gasteiger partial charge in [-0.1, -0.05) is 53.4 Å². The van der Waals surface area contributed by atoms with Crippen LogP contribution in [0.4, 0.5) is 0 Å². The van der Waals surface area contributed by atoms with Crippen LogP contribution in [0.1, 0.15) is 72.6 Å². The van der Waals surface area contributed by atoms with Crippen molar-refractivity contribution in [3.05, 3.63) is 0 Å². The maximum absolute atomic E-state index is 3.85. The molecule has 0 heterocycles. The minimum atomic E-state index is 0.757. The minimum absolute atomic E-state index is 0.757. The Labute approximate surface area is 109 Å². The average Bonchev–Trinajstić information content (AvgIpc) is 2.58. The van der Waals surface area contributed by atoms with Gasteiger partial charge in [0, 0.05) is 6.04 Å². The quantitative estimate of drug-likeness (QED) is 0.667. The standard InChI is InChI=1S/C16H33N/c1-5-12-17-16(14(4)13(2)3)15-10-8-6-7-9-11-15/h13-17H,5-12H2,1-4H3. The Balaban J connectivity index is 2.58. The van der Waals surface area contributed by atoms with Gasteiger partial charge in [-0.25, -0.2) is 0 Å². The van der Waals surface area contributed by atoms with Crippen molar-refractivity contribution in [3.63, 3.8) is 0 Å². The van der Waals surface area contributed by atoms with Crippen molar-refractivity contribution in [2.75, 3.05) is 6.54 Å². The number of rotatable bonds is 6. The highest BCUT2D eigenvalue weighted by Crippen LogP contribution is 2.31. The molecule has 0 aromatic heterocycles. The summed E-state index contributed by atoms with van der Waals surface area (Å²) < 4.78 is 0. The molecule has 2 atom stereocenters. The van der Waals surface area contributed by atoms with Gasteiger partial charge < -0.3 is 5.32 Å². The molecular weight excluding hydrogens is 206 g/mol. The average molecular weight is 239 g/mol. The summed E-state index contributed by atoms with van der Waals surface area (Å²) in [5.41, 5.74) is 0. The van der Waals surface area contributed by atoms with Gasteiger partial charge in [0.2, 0.25) is 0 Å². The first-order valence-electron chi connectivity index (χ1n) is 7.90. The molecule has 0 amide bonds. The van der Waals surface area contributed by atoms with Gasteiger partial charge in [0.15, 0.2) is 0 Å². The van der Waals surface area contributed by atoms with E-state index in [9.17, 15) is 0 Å². The van der Waals surface area contributed by atoms with Crippen LogP contribution in [-0.4, -0.2) is 12.6 Å². The van der Waals surface area contributed by atoms with Gasteiger partial charge >= 0.3 is 0 Å². The Morgan fingerprint density at radius 2 is 1.59 bits per heavy atom. The van der Waals surface area contributed by atoms with E-state index >= 15 is 0 Å². The van der Waals surface area contributed by atoms with E-state index in [1.807, 2.05) is 0 Å². The molecule has 0 bridgehead atoms. The third-order valence-corrected chi connectivity index (χ3v) is 4.66. The van der Waals surface area contributed by atoms with Crippen molar-refractivity contribution in [2.24, 2.45) is 17.8 Å². The first-order valence-corrected chi connectivity index (χ1v) is 7.90. The smallest absolute Gasteiger partial charge is 0.0123 e. The maximum atomic E-state index is 3.85. The van der Waals surface area contributed by atoms with Crippen molar-refractivity contribution in [3.8, 4) is 0 Å². The SMILES string of the molecule is CCCNC(C1CCCCCC1)C(C)C(C)C. The summed E-state index contributed by atoms with van der Waals surface area (Å²) in [4.78, 5) is 0. The van der Waals surface area contributed by atoms with Crippen molar-refractivity contribution >= 4 is 0 Å². The Morgan fingerprint density at radius 3 is 2.06 bits per heavy atom. The third kappa shape index (κ3) is 4.99. The predicted octanol–water partition coefficient (Wildman–Crippen LogP) is 4.62. The van der Waals surface area contributed by atoms with E-state index in [2.05, 4.69) is 33.0 Å². The minimum Gasteiger partial charge on any atom is -0.313 e. The zero-order chi connectivity index (χ0) is 12.7. The molecule has 2 unspecified atom stereocenters. The maximum Gasteiger partial charge on any atom is 0.0123 e. The van der Waals surface area contributed by atoms with E-state index in [0.29, 0.717) is 0 Å². The zero-order valence-electron chi connectivity index (χ0n) is 12.5. The molecule has 17 heavy (non-hydrogen) atoms. The first-order chi connectivity index (χ1) is 8.16. The summed E-state index contributed by atoms with van der Waals surface area (Å²) in [5, 5.41) is 3.85. The third-order valence-electron chi connectivity index (χ3n) is 4.66. The molecule has 0 aromatic carbocycles. The van der Waals surface area contributed by atoms with Crippen molar-refractivity contribution in [1.29, 1.82) is 0 Å². The van der Waals surface area contributed by atoms with Crippen LogP contribution in [-0.2, 0) is 0 Å². The van der Waals surface area contributed by atoms with Gasteiger partial charge in [-0.2, -0.15) is 0 Å². The lowest BCUT2D eigenvalue weighted by atomic mass is 9.79.